The van der Waals surface area contributed by atoms with Crippen molar-refractivity contribution < 1.29 is 9.13 Å². The molecule has 0 aliphatic rings. The second-order valence-corrected chi connectivity index (χ2v) is 4.97. The summed E-state index contributed by atoms with van der Waals surface area (Å²) in [5.74, 6) is 0.425. The van der Waals surface area contributed by atoms with Crippen LogP contribution in [0.15, 0.2) is 42.5 Å². The Morgan fingerprint density at radius 3 is 2.45 bits per heavy atom. The van der Waals surface area contributed by atoms with Crippen LogP contribution in [-0.4, -0.2) is 13.7 Å². The van der Waals surface area contributed by atoms with Crippen LogP contribution in [0.4, 0.5) is 4.39 Å². The van der Waals surface area contributed by atoms with Crippen LogP contribution in [0.25, 0.3) is 0 Å². The minimum absolute atomic E-state index is 0.111. The largest absolute Gasteiger partial charge is 0.492 e. The van der Waals surface area contributed by atoms with Crippen molar-refractivity contribution in [2.45, 2.75) is 19.9 Å². The van der Waals surface area contributed by atoms with Crippen LogP contribution in [0.2, 0.25) is 0 Å². The number of aryl methyl sites for hydroxylation is 2. The summed E-state index contributed by atoms with van der Waals surface area (Å²) < 4.78 is 18.6. The van der Waals surface area contributed by atoms with E-state index in [-0.39, 0.29) is 11.9 Å². The Kier molecular flexibility index (Phi) is 4.74. The molecule has 0 radical (unpaired) electrons. The quantitative estimate of drug-likeness (QED) is 0.895. The zero-order valence-electron chi connectivity index (χ0n) is 12.1. The van der Waals surface area contributed by atoms with Gasteiger partial charge in [0.15, 0.2) is 0 Å². The molecule has 0 aromatic heterocycles. The minimum Gasteiger partial charge on any atom is -0.492 e. The maximum absolute atomic E-state index is 12.8. The Morgan fingerprint density at radius 1 is 1.10 bits per heavy atom. The smallest absolute Gasteiger partial charge is 0.123 e. The van der Waals surface area contributed by atoms with Crippen molar-refractivity contribution in [2.75, 3.05) is 13.7 Å². The molecule has 0 saturated carbocycles. The van der Waals surface area contributed by atoms with Gasteiger partial charge in [0, 0.05) is 0 Å². The highest BCUT2D eigenvalue weighted by molar-refractivity contribution is 5.33. The third-order valence-electron chi connectivity index (χ3n) is 3.39. The molecule has 1 unspecified atom stereocenters. The van der Waals surface area contributed by atoms with E-state index < -0.39 is 0 Å². The van der Waals surface area contributed by atoms with E-state index in [1.807, 2.05) is 7.05 Å². The number of ether oxygens (including phenoxy) is 1. The Hall–Kier alpha value is -1.87. The van der Waals surface area contributed by atoms with Crippen LogP contribution in [0, 0.1) is 19.7 Å². The number of halogens is 1. The van der Waals surface area contributed by atoms with E-state index >= 15 is 0 Å². The van der Waals surface area contributed by atoms with Crippen molar-refractivity contribution in [3.63, 3.8) is 0 Å². The summed E-state index contributed by atoms with van der Waals surface area (Å²) in [5.41, 5.74) is 3.69. The van der Waals surface area contributed by atoms with Crippen LogP contribution in [0.3, 0.4) is 0 Å². The number of hydrogen-bond donors (Lipinski definition) is 1. The van der Waals surface area contributed by atoms with Crippen LogP contribution in [-0.2, 0) is 0 Å². The number of likely N-dealkylation sites (N-methyl/N-ethyl adjacent to an activating group) is 1. The molecule has 1 atom stereocenters. The maximum atomic E-state index is 12.8. The lowest BCUT2D eigenvalue weighted by Gasteiger charge is -2.20. The zero-order chi connectivity index (χ0) is 14.5. The fraction of sp³-hybridized carbons (Fsp3) is 0.294. The first kappa shape index (κ1) is 14.5. The molecule has 0 fully saturated rings. The number of hydrogen-bond acceptors (Lipinski definition) is 2. The van der Waals surface area contributed by atoms with Crippen LogP contribution in [0.1, 0.15) is 22.7 Å². The Bertz CT molecular complexity index is 566. The second-order valence-electron chi connectivity index (χ2n) is 4.97. The number of benzene rings is 2. The van der Waals surface area contributed by atoms with Gasteiger partial charge < -0.3 is 10.1 Å². The predicted octanol–water partition coefficient (Wildman–Crippen LogP) is 3.78. The molecule has 0 saturated heterocycles. The molecule has 2 aromatic carbocycles. The second kappa shape index (κ2) is 6.53. The Labute approximate surface area is 119 Å². The van der Waals surface area contributed by atoms with Gasteiger partial charge in [-0.15, -0.1) is 0 Å². The SMILES string of the molecule is CNC(COc1ccc(F)cc1)c1cc(C)ccc1C. The van der Waals surface area contributed by atoms with Gasteiger partial charge in [-0.3, -0.25) is 0 Å². The molecule has 2 rings (SSSR count). The van der Waals surface area contributed by atoms with Gasteiger partial charge in [0.2, 0.25) is 0 Å². The molecule has 106 valence electrons. The van der Waals surface area contributed by atoms with Gasteiger partial charge in [0.1, 0.15) is 18.2 Å². The number of nitrogens with one attached hydrogen (secondary N) is 1. The molecule has 0 aliphatic carbocycles. The Morgan fingerprint density at radius 2 is 1.80 bits per heavy atom. The van der Waals surface area contributed by atoms with Crippen molar-refractivity contribution in [1.82, 2.24) is 5.32 Å². The van der Waals surface area contributed by atoms with E-state index in [0.717, 1.165) is 0 Å². The molecule has 20 heavy (non-hydrogen) atoms. The molecule has 2 nitrogen and oxygen atoms in total. The fourth-order valence-electron chi connectivity index (χ4n) is 2.17. The summed E-state index contributed by atoms with van der Waals surface area (Å²) in [7, 11) is 1.92. The molecule has 1 N–H and O–H groups in total. The molecule has 0 bridgehead atoms. The topological polar surface area (TPSA) is 21.3 Å². The molecule has 0 aliphatic heterocycles. The lowest BCUT2D eigenvalue weighted by atomic mass is 9.99. The normalized spacial score (nSPS) is 12.2. The first-order chi connectivity index (χ1) is 9.60. The zero-order valence-corrected chi connectivity index (χ0v) is 12.1. The third kappa shape index (κ3) is 3.58. The first-order valence-electron chi connectivity index (χ1n) is 6.73. The van der Waals surface area contributed by atoms with Crippen LogP contribution < -0.4 is 10.1 Å². The summed E-state index contributed by atoms with van der Waals surface area (Å²) in [6.07, 6.45) is 0. The van der Waals surface area contributed by atoms with Crippen molar-refractivity contribution >= 4 is 0 Å². The first-order valence-corrected chi connectivity index (χ1v) is 6.73. The van der Waals surface area contributed by atoms with E-state index in [2.05, 4.69) is 37.4 Å². The van der Waals surface area contributed by atoms with Gasteiger partial charge >= 0.3 is 0 Å². The van der Waals surface area contributed by atoms with E-state index in [1.165, 1.54) is 28.8 Å². The summed E-state index contributed by atoms with van der Waals surface area (Å²) in [5, 5.41) is 3.27. The third-order valence-corrected chi connectivity index (χ3v) is 3.39. The van der Waals surface area contributed by atoms with Crippen molar-refractivity contribution in [1.29, 1.82) is 0 Å². The fourth-order valence-corrected chi connectivity index (χ4v) is 2.17. The van der Waals surface area contributed by atoms with Crippen LogP contribution >= 0.6 is 0 Å². The monoisotopic (exact) mass is 273 g/mol. The molecule has 0 spiro atoms. The van der Waals surface area contributed by atoms with E-state index in [0.29, 0.717) is 12.4 Å². The standard InChI is InChI=1S/C17H20FNO/c1-12-4-5-13(2)16(10-12)17(19-3)11-20-15-8-6-14(18)7-9-15/h4-10,17,19H,11H2,1-3H3. The predicted molar refractivity (Wildman–Crippen MR) is 79.6 cm³/mol. The summed E-state index contributed by atoms with van der Waals surface area (Å²) in [6, 6.07) is 12.6. The highest BCUT2D eigenvalue weighted by atomic mass is 19.1. The maximum Gasteiger partial charge on any atom is 0.123 e. The molecule has 0 heterocycles. The minimum atomic E-state index is -0.253. The van der Waals surface area contributed by atoms with Gasteiger partial charge in [0.25, 0.3) is 0 Å². The Balaban J connectivity index is 2.09. The molecule has 0 amide bonds. The van der Waals surface area contributed by atoms with Crippen molar-refractivity contribution in [2.24, 2.45) is 0 Å². The average Bonchev–Trinajstić information content (AvgIpc) is 2.45. The van der Waals surface area contributed by atoms with E-state index in [4.69, 9.17) is 4.74 Å². The lowest BCUT2D eigenvalue weighted by Crippen LogP contribution is -2.24. The lowest BCUT2D eigenvalue weighted by molar-refractivity contribution is 0.272. The molecular weight excluding hydrogens is 253 g/mol. The van der Waals surface area contributed by atoms with E-state index in [9.17, 15) is 4.39 Å². The van der Waals surface area contributed by atoms with Gasteiger partial charge in [-0.1, -0.05) is 23.8 Å². The molecule has 2 aromatic rings. The van der Waals surface area contributed by atoms with Crippen LogP contribution in [0.5, 0.6) is 5.75 Å². The van der Waals surface area contributed by atoms with Crippen molar-refractivity contribution in [3.8, 4) is 5.75 Å². The van der Waals surface area contributed by atoms with Gasteiger partial charge in [-0.25, -0.2) is 4.39 Å². The van der Waals surface area contributed by atoms with Crippen molar-refractivity contribution in [3.05, 3.63) is 65.0 Å². The average molecular weight is 273 g/mol. The van der Waals surface area contributed by atoms with E-state index in [1.54, 1.807) is 12.1 Å². The van der Waals surface area contributed by atoms with Gasteiger partial charge in [-0.05, 0) is 56.3 Å². The highest BCUT2D eigenvalue weighted by Gasteiger charge is 2.13. The highest BCUT2D eigenvalue weighted by Crippen LogP contribution is 2.21. The van der Waals surface area contributed by atoms with Gasteiger partial charge in [-0.2, -0.15) is 0 Å². The molecule has 3 heteroatoms. The van der Waals surface area contributed by atoms with Gasteiger partial charge in [0.05, 0.1) is 6.04 Å². The summed E-state index contributed by atoms with van der Waals surface area (Å²) >= 11 is 0. The summed E-state index contributed by atoms with van der Waals surface area (Å²) in [4.78, 5) is 0. The summed E-state index contributed by atoms with van der Waals surface area (Å²) in [6.45, 7) is 4.68. The number of rotatable bonds is 5. The molecular formula is C17H20FNO.